The standard InChI is InChI=1S/C14H20N4OS/c1-10-9-20-14-16-12(7-13(19)18(10)14)8-17-5-3-11(15-2)4-6-17/h7,9,11,15H,3-6,8H2,1-2H3. The number of hydrogen-bond donors (Lipinski definition) is 1. The van der Waals surface area contributed by atoms with Crippen molar-refractivity contribution < 1.29 is 0 Å². The van der Waals surface area contributed by atoms with Gasteiger partial charge in [0.05, 0.1) is 5.69 Å². The van der Waals surface area contributed by atoms with Crippen molar-refractivity contribution in [1.82, 2.24) is 19.6 Å². The highest BCUT2D eigenvalue weighted by atomic mass is 32.1. The fourth-order valence-corrected chi connectivity index (χ4v) is 3.68. The van der Waals surface area contributed by atoms with Crippen molar-refractivity contribution in [2.24, 2.45) is 0 Å². The van der Waals surface area contributed by atoms with Crippen LogP contribution in [-0.2, 0) is 6.54 Å². The Bertz CT molecular complexity index is 655. The van der Waals surface area contributed by atoms with E-state index in [1.165, 1.54) is 11.3 Å². The van der Waals surface area contributed by atoms with Gasteiger partial charge in [-0.1, -0.05) is 0 Å². The molecule has 0 radical (unpaired) electrons. The lowest BCUT2D eigenvalue weighted by molar-refractivity contribution is 0.192. The summed E-state index contributed by atoms with van der Waals surface area (Å²) in [6, 6.07) is 2.31. The van der Waals surface area contributed by atoms with E-state index in [0.29, 0.717) is 6.04 Å². The fourth-order valence-electron chi connectivity index (χ4n) is 2.79. The second-order valence-electron chi connectivity index (χ2n) is 5.42. The van der Waals surface area contributed by atoms with E-state index in [1.807, 2.05) is 19.4 Å². The molecule has 1 saturated heterocycles. The van der Waals surface area contributed by atoms with E-state index in [1.54, 1.807) is 10.5 Å². The molecule has 0 amide bonds. The topological polar surface area (TPSA) is 49.6 Å². The molecule has 108 valence electrons. The third-order valence-electron chi connectivity index (χ3n) is 4.01. The Hall–Kier alpha value is -1.24. The molecule has 0 aliphatic carbocycles. The number of thiazole rings is 1. The van der Waals surface area contributed by atoms with Crippen molar-refractivity contribution in [3.63, 3.8) is 0 Å². The van der Waals surface area contributed by atoms with Crippen LogP contribution in [-0.4, -0.2) is 40.5 Å². The summed E-state index contributed by atoms with van der Waals surface area (Å²) < 4.78 is 1.68. The number of hydrogen-bond acceptors (Lipinski definition) is 5. The minimum atomic E-state index is 0.0360. The smallest absolute Gasteiger partial charge is 0.259 e. The van der Waals surface area contributed by atoms with Gasteiger partial charge in [0.1, 0.15) is 0 Å². The van der Waals surface area contributed by atoms with Gasteiger partial charge in [-0.25, -0.2) is 4.98 Å². The molecule has 2 aromatic heterocycles. The summed E-state index contributed by atoms with van der Waals surface area (Å²) in [5.41, 5.74) is 1.89. The Morgan fingerprint density at radius 1 is 1.45 bits per heavy atom. The second kappa shape index (κ2) is 5.63. The number of aryl methyl sites for hydroxylation is 1. The second-order valence-corrected chi connectivity index (χ2v) is 6.26. The van der Waals surface area contributed by atoms with E-state index in [2.05, 4.69) is 15.2 Å². The van der Waals surface area contributed by atoms with E-state index in [9.17, 15) is 4.79 Å². The zero-order valence-corrected chi connectivity index (χ0v) is 12.7. The average Bonchev–Trinajstić information content (AvgIpc) is 2.81. The number of aromatic nitrogens is 2. The van der Waals surface area contributed by atoms with Gasteiger partial charge >= 0.3 is 0 Å². The van der Waals surface area contributed by atoms with Gasteiger partial charge in [-0.15, -0.1) is 11.3 Å². The summed E-state index contributed by atoms with van der Waals surface area (Å²) in [6.07, 6.45) is 2.33. The van der Waals surface area contributed by atoms with Crippen molar-refractivity contribution >= 4 is 16.3 Å². The SMILES string of the molecule is CNC1CCN(Cc2cc(=O)n3c(C)csc3n2)CC1. The molecule has 1 N–H and O–H groups in total. The third kappa shape index (κ3) is 2.63. The first-order valence-electron chi connectivity index (χ1n) is 7.04. The monoisotopic (exact) mass is 292 g/mol. The Kier molecular flexibility index (Phi) is 3.87. The maximum atomic E-state index is 12.1. The van der Waals surface area contributed by atoms with Crippen molar-refractivity contribution in [2.45, 2.75) is 32.4 Å². The minimum Gasteiger partial charge on any atom is -0.317 e. The molecular weight excluding hydrogens is 272 g/mol. The summed E-state index contributed by atoms with van der Waals surface area (Å²) in [6.45, 7) is 4.85. The van der Waals surface area contributed by atoms with Crippen LogP contribution >= 0.6 is 11.3 Å². The van der Waals surface area contributed by atoms with E-state index >= 15 is 0 Å². The molecule has 1 aliphatic rings. The number of rotatable bonds is 3. The van der Waals surface area contributed by atoms with Crippen LogP contribution in [0.3, 0.4) is 0 Å². The van der Waals surface area contributed by atoms with Crippen molar-refractivity contribution in [1.29, 1.82) is 0 Å². The molecule has 2 aromatic rings. The molecule has 1 aliphatic heterocycles. The lowest BCUT2D eigenvalue weighted by Gasteiger charge is -2.31. The third-order valence-corrected chi connectivity index (χ3v) is 4.95. The summed E-state index contributed by atoms with van der Waals surface area (Å²) >= 11 is 1.53. The lowest BCUT2D eigenvalue weighted by atomic mass is 10.1. The van der Waals surface area contributed by atoms with Crippen LogP contribution < -0.4 is 10.9 Å². The fraction of sp³-hybridized carbons (Fsp3) is 0.571. The van der Waals surface area contributed by atoms with E-state index in [4.69, 9.17) is 0 Å². The minimum absolute atomic E-state index is 0.0360. The molecule has 0 unspecified atom stereocenters. The number of likely N-dealkylation sites (tertiary alicyclic amines) is 1. The highest BCUT2D eigenvalue weighted by molar-refractivity contribution is 7.15. The number of fused-ring (bicyclic) bond motifs is 1. The molecule has 1 fully saturated rings. The zero-order valence-electron chi connectivity index (χ0n) is 11.9. The van der Waals surface area contributed by atoms with Crippen LogP contribution in [0.1, 0.15) is 24.2 Å². The van der Waals surface area contributed by atoms with Gasteiger partial charge in [-0.2, -0.15) is 0 Å². The molecule has 20 heavy (non-hydrogen) atoms. The van der Waals surface area contributed by atoms with Crippen LogP contribution in [0.25, 0.3) is 4.96 Å². The Morgan fingerprint density at radius 2 is 2.20 bits per heavy atom. The summed E-state index contributed by atoms with van der Waals surface area (Å²) in [5.74, 6) is 0. The Morgan fingerprint density at radius 3 is 2.90 bits per heavy atom. The highest BCUT2D eigenvalue weighted by Crippen LogP contribution is 2.15. The van der Waals surface area contributed by atoms with Crippen LogP contribution in [0.5, 0.6) is 0 Å². The molecule has 5 nitrogen and oxygen atoms in total. The quantitative estimate of drug-likeness (QED) is 0.925. The van der Waals surface area contributed by atoms with Gasteiger partial charge in [0, 0.05) is 42.8 Å². The molecule has 3 heterocycles. The summed E-state index contributed by atoms with van der Waals surface area (Å²) in [4.78, 5) is 19.9. The van der Waals surface area contributed by atoms with Gasteiger partial charge in [0.15, 0.2) is 4.96 Å². The van der Waals surface area contributed by atoms with Gasteiger partial charge in [0.25, 0.3) is 5.56 Å². The van der Waals surface area contributed by atoms with E-state index < -0.39 is 0 Å². The molecule has 0 spiro atoms. The molecule has 0 saturated carbocycles. The molecule has 3 rings (SSSR count). The highest BCUT2D eigenvalue weighted by Gasteiger charge is 2.18. The lowest BCUT2D eigenvalue weighted by Crippen LogP contribution is -2.41. The molecule has 6 heteroatoms. The van der Waals surface area contributed by atoms with Crippen LogP contribution in [0, 0.1) is 6.92 Å². The van der Waals surface area contributed by atoms with Crippen molar-refractivity contribution in [2.75, 3.05) is 20.1 Å². The van der Waals surface area contributed by atoms with Crippen LogP contribution in [0.4, 0.5) is 0 Å². The van der Waals surface area contributed by atoms with Gasteiger partial charge in [0.2, 0.25) is 0 Å². The predicted molar refractivity (Wildman–Crippen MR) is 81.4 cm³/mol. The molecular formula is C14H20N4OS. The largest absolute Gasteiger partial charge is 0.317 e. The van der Waals surface area contributed by atoms with Gasteiger partial charge in [-0.3, -0.25) is 14.1 Å². The number of nitrogens with one attached hydrogen (secondary N) is 1. The predicted octanol–water partition coefficient (Wildman–Crippen LogP) is 1.25. The van der Waals surface area contributed by atoms with Crippen LogP contribution in [0.2, 0.25) is 0 Å². The van der Waals surface area contributed by atoms with Crippen LogP contribution in [0.15, 0.2) is 16.2 Å². The van der Waals surface area contributed by atoms with Crippen molar-refractivity contribution in [3.8, 4) is 0 Å². The zero-order chi connectivity index (χ0) is 14.1. The Labute approximate surface area is 122 Å². The molecule has 0 bridgehead atoms. The van der Waals surface area contributed by atoms with E-state index in [0.717, 1.165) is 48.8 Å². The van der Waals surface area contributed by atoms with Crippen molar-refractivity contribution in [3.05, 3.63) is 33.2 Å². The number of piperidine rings is 1. The maximum Gasteiger partial charge on any atom is 0.259 e. The van der Waals surface area contributed by atoms with Gasteiger partial charge in [-0.05, 0) is 26.8 Å². The Balaban J connectivity index is 1.77. The first-order valence-corrected chi connectivity index (χ1v) is 7.92. The average molecular weight is 292 g/mol. The maximum absolute atomic E-state index is 12.1. The summed E-state index contributed by atoms with van der Waals surface area (Å²) in [5, 5.41) is 5.31. The normalized spacial score (nSPS) is 17.9. The first-order chi connectivity index (χ1) is 9.67. The van der Waals surface area contributed by atoms with E-state index in [-0.39, 0.29) is 5.56 Å². The summed E-state index contributed by atoms with van der Waals surface area (Å²) in [7, 11) is 2.02. The molecule has 0 aromatic carbocycles. The first kappa shape index (κ1) is 13.7. The van der Waals surface area contributed by atoms with Gasteiger partial charge < -0.3 is 5.32 Å². The number of nitrogens with zero attached hydrogens (tertiary/aromatic N) is 3. The molecule has 0 atom stereocenters.